The second-order valence-electron chi connectivity index (χ2n) is 4.88. The maximum absolute atomic E-state index is 11.5. The number of nitrogens with one attached hydrogen (secondary N) is 2. The lowest BCUT2D eigenvalue weighted by Gasteiger charge is -2.25. The van der Waals surface area contributed by atoms with Gasteiger partial charge in [-0.3, -0.25) is 4.79 Å². The minimum Gasteiger partial charge on any atom is -0.497 e. The van der Waals surface area contributed by atoms with E-state index in [0.29, 0.717) is 13.2 Å². The van der Waals surface area contributed by atoms with Gasteiger partial charge in [-0.1, -0.05) is 6.07 Å². The summed E-state index contributed by atoms with van der Waals surface area (Å²) in [6, 6.07) is 5.01. The molecule has 1 aromatic carbocycles. The van der Waals surface area contributed by atoms with Crippen LogP contribution in [0, 0.1) is 5.92 Å². The molecule has 114 valence electrons. The van der Waals surface area contributed by atoms with Crippen molar-refractivity contribution in [3.8, 4) is 11.5 Å². The number of ether oxygens (including phenoxy) is 2. The molecule has 1 aromatic rings. The van der Waals surface area contributed by atoms with Crippen molar-refractivity contribution < 1.29 is 19.1 Å². The van der Waals surface area contributed by atoms with Crippen molar-refractivity contribution in [1.29, 1.82) is 0 Å². The number of urea groups is 1. The number of primary amides is 1. The number of amides is 3. The van der Waals surface area contributed by atoms with E-state index in [1.54, 1.807) is 7.11 Å². The third-order valence-electron chi connectivity index (χ3n) is 3.27. The van der Waals surface area contributed by atoms with Crippen LogP contribution in [0.3, 0.4) is 0 Å². The predicted octanol–water partition coefficient (Wildman–Crippen LogP) is 0.0308. The number of nitrogens with two attached hydrogens (primary N) is 1. The fourth-order valence-electron chi connectivity index (χ4n) is 2.16. The fourth-order valence-corrected chi connectivity index (χ4v) is 2.16. The molecule has 21 heavy (non-hydrogen) atoms. The molecule has 7 nitrogen and oxygen atoms in total. The van der Waals surface area contributed by atoms with Gasteiger partial charge in [0.15, 0.2) is 0 Å². The van der Waals surface area contributed by atoms with E-state index in [4.69, 9.17) is 15.2 Å². The van der Waals surface area contributed by atoms with Gasteiger partial charge in [0.05, 0.1) is 20.3 Å². The summed E-state index contributed by atoms with van der Waals surface area (Å²) in [6.07, 6.45) is 0.822. The van der Waals surface area contributed by atoms with E-state index in [-0.39, 0.29) is 18.4 Å². The van der Waals surface area contributed by atoms with Crippen molar-refractivity contribution in [3.63, 3.8) is 0 Å². The highest BCUT2D eigenvalue weighted by atomic mass is 16.5. The van der Waals surface area contributed by atoms with Crippen LogP contribution in [0.5, 0.6) is 11.5 Å². The molecule has 0 aromatic heterocycles. The largest absolute Gasteiger partial charge is 0.497 e. The Bertz CT molecular complexity index is 533. The van der Waals surface area contributed by atoms with E-state index >= 15 is 0 Å². The number of benzene rings is 1. The molecule has 1 heterocycles. The third-order valence-corrected chi connectivity index (χ3v) is 3.27. The molecule has 4 N–H and O–H groups in total. The summed E-state index contributed by atoms with van der Waals surface area (Å²) in [6.45, 7) is 0.908. The van der Waals surface area contributed by atoms with E-state index in [0.717, 1.165) is 23.5 Å². The molecular weight excluding hydrogens is 274 g/mol. The van der Waals surface area contributed by atoms with Crippen LogP contribution in [0.1, 0.15) is 5.56 Å². The summed E-state index contributed by atoms with van der Waals surface area (Å²) in [5, 5.41) is 4.99. The average Bonchev–Trinajstić information content (AvgIpc) is 2.50. The zero-order valence-electron chi connectivity index (χ0n) is 11.8. The van der Waals surface area contributed by atoms with Crippen LogP contribution in [-0.4, -0.2) is 38.7 Å². The highest BCUT2D eigenvalue weighted by Gasteiger charge is 2.20. The van der Waals surface area contributed by atoms with Crippen LogP contribution in [0.2, 0.25) is 0 Å². The Balaban J connectivity index is 1.82. The van der Waals surface area contributed by atoms with Crippen molar-refractivity contribution in [3.05, 3.63) is 23.8 Å². The molecule has 7 heteroatoms. The van der Waals surface area contributed by atoms with Gasteiger partial charge in [0.25, 0.3) is 0 Å². The number of methoxy groups -OCH3 is 1. The lowest BCUT2D eigenvalue weighted by molar-refractivity contribution is -0.120. The average molecular weight is 293 g/mol. The molecule has 2 rings (SSSR count). The predicted molar refractivity (Wildman–Crippen MR) is 76.3 cm³/mol. The van der Waals surface area contributed by atoms with Gasteiger partial charge in [0, 0.05) is 18.5 Å². The molecule has 0 saturated carbocycles. The molecular formula is C14H19N3O4. The monoisotopic (exact) mass is 293 g/mol. The topological polar surface area (TPSA) is 103 Å². The Hall–Kier alpha value is -2.44. The molecule has 0 fully saturated rings. The molecule has 0 aliphatic carbocycles. The van der Waals surface area contributed by atoms with Crippen molar-refractivity contribution in [2.24, 2.45) is 11.7 Å². The first kappa shape index (κ1) is 15.0. The Labute approximate surface area is 122 Å². The smallest absolute Gasteiger partial charge is 0.312 e. The number of fused-ring (bicyclic) bond motifs is 1. The van der Waals surface area contributed by atoms with E-state index in [1.165, 1.54) is 0 Å². The first-order valence-electron chi connectivity index (χ1n) is 6.68. The van der Waals surface area contributed by atoms with Crippen LogP contribution in [0.25, 0.3) is 0 Å². The van der Waals surface area contributed by atoms with Gasteiger partial charge in [0.2, 0.25) is 5.91 Å². The maximum atomic E-state index is 11.5. The highest BCUT2D eigenvalue weighted by molar-refractivity contribution is 5.83. The lowest BCUT2D eigenvalue weighted by atomic mass is 9.96. The summed E-state index contributed by atoms with van der Waals surface area (Å²) >= 11 is 0. The third kappa shape index (κ3) is 4.27. The summed E-state index contributed by atoms with van der Waals surface area (Å²) in [7, 11) is 1.61. The van der Waals surface area contributed by atoms with Gasteiger partial charge >= 0.3 is 6.03 Å². The van der Waals surface area contributed by atoms with Crippen LogP contribution in [0.4, 0.5) is 4.79 Å². The lowest BCUT2D eigenvalue weighted by Crippen LogP contribution is -2.42. The first-order valence-corrected chi connectivity index (χ1v) is 6.68. The number of rotatable bonds is 5. The minimum absolute atomic E-state index is 0.114. The second-order valence-corrected chi connectivity index (χ2v) is 4.88. The van der Waals surface area contributed by atoms with E-state index < -0.39 is 6.03 Å². The van der Waals surface area contributed by atoms with E-state index in [9.17, 15) is 9.59 Å². The van der Waals surface area contributed by atoms with Gasteiger partial charge in [-0.15, -0.1) is 0 Å². The van der Waals surface area contributed by atoms with Gasteiger partial charge in [-0.25, -0.2) is 4.79 Å². The molecule has 1 aliphatic rings. The summed E-state index contributed by atoms with van der Waals surface area (Å²) in [5.74, 6) is 1.52. The highest BCUT2D eigenvalue weighted by Crippen LogP contribution is 2.30. The molecule has 3 amide bonds. The minimum atomic E-state index is -0.714. The Morgan fingerprint density at radius 1 is 1.43 bits per heavy atom. The van der Waals surface area contributed by atoms with E-state index in [1.807, 2.05) is 18.2 Å². The molecule has 0 unspecified atom stereocenters. The summed E-state index contributed by atoms with van der Waals surface area (Å²) < 4.78 is 10.8. The van der Waals surface area contributed by atoms with Crippen molar-refractivity contribution in [2.45, 2.75) is 6.42 Å². The van der Waals surface area contributed by atoms with Gasteiger partial charge < -0.3 is 25.8 Å². The molecule has 0 saturated heterocycles. The van der Waals surface area contributed by atoms with E-state index in [2.05, 4.69) is 10.6 Å². The van der Waals surface area contributed by atoms with Gasteiger partial charge in [-0.05, 0) is 18.1 Å². The summed E-state index contributed by atoms with van der Waals surface area (Å²) in [4.78, 5) is 22.0. The van der Waals surface area contributed by atoms with Gasteiger partial charge in [0.1, 0.15) is 11.5 Å². The zero-order chi connectivity index (χ0) is 15.2. The Morgan fingerprint density at radius 3 is 2.95 bits per heavy atom. The fraction of sp³-hybridized carbons (Fsp3) is 0.429. The maximum Gasteiger partial charge on any atom is 0.312 e. The molecule has 1 atom stereocenters. The Morgan fingerprint density at radius 2 is 2.24 bits per heavy atom. The van der Waals surface area contributed by atoms with Crippen molar-refractivity contribution in [1.82, 2.24) is 10.6 Å². The van der Waals surface area contributed by atoms with Crippen LogP contribution in [-0.2, 0) is 11.2 Å². The number of hydrogen-bond donors (Lipinski definition) is 3. The molecule has 0 bridgehead atoms. The number of hydrogen-bond acceptors (Lipinski definition) is 4. The standard InChI is InChI=1S/C14H19N3O4/c1-20-11-3-2-10-4-9(8-21-12(10)5-11)6-16-13(18)7-17-14(15)19/h2-3,5,9H,4,6-8H2,1H3,(H,16,18)(H3,15,17,19)/t9-/m0/s1. The SMILES string of the molecule is COc1ccc2c(c1)OC[C@H](CNC(=O)CNC(N)=O)C2. The van der Waals surface area contributed by atoms with Gasteiger partial charge in [-0.2, -0.15) is 0 Å². The second kappa shape index (κ2) is 6.83. The first-order chi connectivity index (χ1) is 10.1. The zero-order valence-corrected chi connectivity index (χ0v) is 11.8. The van der Waals surface area contributed by atoms with Crippen LogP contribution >= 0.6 is 0 Å². The summed E-state index contributed by atoms with van der Waals surface area (Å²) in [5.41, 5.74) is 5.99. The number of carbonyl (C=O) groups is 2. The quantitative estimate of drug-likeness (QED) is 0.712. The molecule has 0 radical (unpaired) electrons. The number of carbonyl (C=O) groups excluding carboxylic acids is 2. The normalized spacial score (nSPS) is 16.3. The Kier molecular flexibility index (Phi) is 4.86. The van der Waals surface area contributed by atoms with Crippen LogP contribution < -0.4 is 25.8 Å². The van der Waals surface area contributed by atoms with Crippen molar-refractivity contribution >= 4 is 11.9 Å². The van der Waals surface area contributed by atoms with Crippen LogP contribution in [0.15, 0.2) is 18.2 Å². The van der Waals surface area contributed by atoms with Crippen molar-refractivity contribution in [2.75, 3.05) is 26.8 Å². The molecule has 1 aliphatic heterocycles. The molecule has 0 spiro atoms.